The van der Waals surface area contributed by atoms with Crippen LogP contribution in [0, 0.1) is 0 Å². The van der Waals surface area contributed by atoms with Crippen molar-refractivity contribution in [3.8, 4) is 9.88 Å². The summed E-state index contributed by atoms with van der Waals surface area (Å²) in [6.07, 6.45) is 0. The summed E-state index contributed by atoms with van der Waals surface area (Å²) in [5.74, 6) is 0.437. The molecule has 0 amide bonds. The van der Waals surface area contributed by atoms with Crippen LogP contribution in [0.5, 0.6) is 0 Å². The zero-order chi connectivity index (χ0) is 11.7. The van der Waals surface area contributed by atoms with E-state index in [0.717, 1.165) is 15.2 Å². The number of thiophene rings is 1. The van der Waals surface area contributed by atoms with Gasteiger partial charge in [-0.05, 0) is 27.9 Å². The summed E-state index contributed by atoms with van der Waals surface area (Å²) in [6, 6.07) is 2.11. The Kier molecular flexibility index (Phi) is 3.79. The van der Waals surface area contributed by atoms with Gasteiger partial charge in [0.1, 0.15) is 5.01 Å². The van der Waals surface area contributed by atoms with Gasteiger partial charge in [-0.25, -0.2) is 4.98 Å². The highest BCUT2D eigenvalue weighted by atomic mass is 79.9. The predicted molar refractivity (Wildman–Crippen MR) is 75.1 cm³/mol. The van der Waals surface area contributed by atoms with Crippen molar-refractivity contribution in [2.45, 2.75) is 26.3 Å². The normalized spacial score (nSPS) is 11.3. The molecular weight excluding hydrogens is 304 g/mol. The first-order valence-corrected chi connectivity index (χ1v) is 7.54. The third kappa shape index (κ3) is 2.37. The van der Waals surface area contributed by atoms with E-state index < -0.39 is 0 Å². The van der Waals surface area contributed by atoms with E-state index in [1.807, 2.05) is 0 Å². The largest absolute Gasteiger partial charge is 0.326 e. The third-order valence-corrected chi connectivity index (χ3v) is 5.19. The maximum Gasteiger partial charge on any atom is 0.133 e. The number of aromatic nitrogens is 1. The Labute approximate surface area is 112 Å². The van der Waals surface area contributed by atoms with Gasteiger partial charge in [0, 0.05) is 21.3 Å². The van der Waals surface area contributed by atoms with E-state index in [1.54, 1.807) is 22.7 Å². The molecule has 5 heteroatoms. The highest BCUT2D eigenvalue weighted by Gasteiger charge is 2.15. The Balaban J connectivity index is 2.43. The Bertz CT molecular complexity index is 488. The van der Waals surface area contributed by atoms with Crippen LogP contribution in [-0.2, 0) is 6.54 Å². The van der Waals surface area contributed by atoms with E-state index in [1.165, 1.54) is 9.75 Å². The van der Waals surface area contributed by atoms with E-state index in [-0.39, 0.29) is 0 Å². The van der Waals surface area contributed by atoms with E-state index in [2.05, 4.69) is 41.2 Å². The van der Waals surface area contributed by atoms with E-state index in [0.29, 0.717) is 12.5 Å². The molecule has 0 spiro atoms. The topological polar surface area (TPSA) is 38.9 Å². The first kappa shape index (κ1) is 12.2. The van der Waals surface area contributed by atoms with Crippen molar-refractivity contribution in [1.29, 1.82) is 0 Å². The molecule has 2 N–H and O–H groups in total. The lowest BCUT2D eigenvalue weighted by atomic mass is 10.1. The molecule has 0 saturated heterocycles. The number of rotatable bonds is 3. The van der Waals surface area contributed by atoms with Gasteiger partial charge < -0.3 is 5.73 Å². The van der Waals surface area contributed by atoms with Gasteiger partial charge in [0.2, 0.25) is 0 Å². The van der Waals surface area contributed by atoms with Crippen molar-refractivity contribution in [3.63, 3.8) is 0 Å². The summed E-state index contributed by atoms with van der Waals surface area (Å²) in [4.78, 5) is 7.10. The molecule has 86 valence electrons. The number of thiazole rings is 1. The third-order valence-electron chi connectivity index (χ3n) is 2.24. The second-order valence-electron chi connectivity index (χ2n) is 3.82. The van der Waals surface area contributed by atoms with Crippen LogP contribution in [-0.4, -0.2) is 4.98 Å². The number of hydrogen-bond acceptors (Lipinski definition) is 4. The minimum Gasteiger partial charge on any atom is -0.326 e. The minimum atomic E-state index is 0.437. The van der Waals surface area contributed by atoms with E-state index in [4.69, 9.17) is 10.7 Å². The van der Waals surface area contributed by atoms with Gasteiger partial charge >= 0.3 is 0 Å². The Morgan fingerprint density at radius 1 is 1.50 bits per heavy atom. The van der Waals surface area contributed by atoms with Gasteiger partial charge in [-0.15, -0.1) is 22.7 Å². The van der Waals surface area contributed by atoms with Crippen LogP contribution < -0.4 is 5.73 Å². The smallest absolute Gasteiger partial charge is 0.133 e. The molecule has 0 saturated carbocycles. The second kappa shape index (κ2) is 4.96. The summed E-state index contributed by atoms with van der Waals surface area (Å²) in [5, 5.41) is 3.16. The van der Waals surface area contributed by atoms with Crippen molar-refractivity contribution in [3.05, 3.63) is 26.5 Å². The van der Waals surface area contributed by atoms with Crippen LogP contribution in [0.1, 0.15) is 30.3 Å². The lowest BCUT2D eigenvalue weighted by Crippen LogP contribution is -1.99. The molecule has 0 unspecified atom stereocenters. The molecule has 0 bridgehead atoms. The van der Waals surface area contributed by atoms with E-state index >= 15 is 0 Å². The van der Waals surface area contributed by atoms with Gasteiger partial charge in [0.15, 0.2) is 0 Å². The molecule has 0 aliphatic carbocycles. The maximum absolute atomic E-state index is 5.75. The van der Waals surface area contributed by atoms with Crippen LogP contribution >= 0.6 is 38.6 Å². The number of nitrogens with two attached hydrogens (primary N) is 1. The Hall–Kier alpha value is -0.230. The number of nitrogens with zero attached hydrogens (tertiary/aromatic N) is 1. The fourth-order valence-corrected chi connectivity index (χ4v) is 4.08. The molecule has 0 radical (unpaired) electrons. The number of hydrogen-bond donors (Lipinski definition) is 1. The molecule has 0 fully saturated rings. The van der Waals surface area contributed by atoms with E-state index in [9.17, 15) is 0 Å². The summed E-state index contributed by atoms with van der Waals surface area (Å²) < 4.78 is 1.11. The van der Waals surface area contributed by atoms with Crippen molar-refractivity contribution < 1.29 is 0 Å². The van der Waals surface area contributed by atoms with Crippen LogP contribution in [0.2, 0.25) is 0 Å². The van der Waals surface area contributed by atoms with Gasteiger partial charge in [-0.3, -0.25) is 0 Å². The predicted octanol–water partition coefficient (Wildman–Crippen LogP) is 4.22. The first-order valence-electron chi connectivity index (χ1n) is 5.06. The summed E-state index contributed by atoms with van der Waals surface area (Å²) in [5.41, 5.74) is 6.90. The molecule has 2 nitrogen and oxygen atoms in total. The van der Waals surface area contributed by atoms with Gasteiger partial charge in [0.05, 0.1) is 10.6 Å². The monoisotopic (exact) mass is 316 g/mol. The highest BCUT2D eigenvalue weighted by Crippen LogP contribution is 2.35. The molecule has 0 aliphatic rings. The molecule has 0 aliphatic heterocycles. The summed E-state index contributed by atoms with van der Waals surface area (Å²) in [7, 11) is 0. The van der Waals surface area contributed by atoms with Crippen molar-refractivity contribution in [2.75, 3.05) is 0 Å². The Morgan fingerprint density at radius 3 is 2.69 bits per heavy atom. The highest BCUT2D eigenvalue weighted by molar-refractivity contribution is 9.10. The molecule has 2 heterocycles. The SMILES string of the molecule is CC(C)c1nc(-c2cc(Br)cs2)sc1CN. The maximum atomic E-state index is 5.75. The fourth-order valence-electron chi connectivity index (χ4n) is 1.49. The van der Waals surface area contributed by atoms with Crippen LogP contribution in [0.3, 0.4) is 0 Å². The van der Waals surface area contributed by atoms with Crippen molar-refractivity contribution in [2.24, 2.45) is 5.73 Å². The summed E-state index contributed by atoms with van der Waals surface area (Å²) in [6.45, 7) is 4.89. The second-order valence-corrected chi connectivity index (χ2v) is 6.73. The van der Waals surface area contributed by atoms with Gasteiger partial charge in [-0.2, -0.15) is 0 Å². The standard InChI is InChI=1S/C11H13BrN2S2/c1-6(2)10-9(4-13)16-11(14-10)8-3-7(12)5-15-8/h3,5-6H,4,13H2,1-2H3. The minimum absolute atomic E-state index is 0.437. The first-order chi connectivity index (χ1) is 7.61. The quantitative estimate of drug-likeness (QED) is 0.921. The molecule has 2 aromatic heterocycles. The summed E-state index contributed by atoms with van der Waals surface area (Å²) >= 11 is 6.88. The molecule has 0 aromatic carbocycles. The Morgan fingerprint density at radius 2 is 2.25 bits per heavy atom. The zero-order valence-electron chi connectivity index (χ0n) is 9.16. The van der Waals surface area contributed by atoms with Crippen molar-refractivity contribution in [1.82, 2.24) is 4.98 Å². The average molecular weight is 317 g/mol. The molecular formula is C11H13BrN2S2. The molecule has 2 aromatic rings. The van der Waals surface area contributed by atoms with Gasteiger partial charge in [-0.1, -0.05) is 13.8 Å². The number of halogens is 1. The molecule has 16 heavy (non-hydrogen) atoms. The van der Waals surface area contributed by atoms with Crippen molar-refractivity contribution >= 4 is 38.6 Å². The molecule has 0 atom stereocenters. The van der Waals surface area contributed by atoms with Crippen LogP contribution in [0.25, 0.3) is 9.88 Å². The molecule has 2 rings (SSSR count). The lowest BCUT2D eigenvalue weighted by molar-refractivity contribution is 0.814. The van der Waals surface area contributed by atoms with Crippen LogP contribution in [0.4, 0.5) is 0 Å². The average Bonchev–Trinajstić information content (AvgIpc) is 2.82. The fraction of sp³-hybridized carbons (Fsp3) is 0.364. The zero-order valence-corrected chi connectivity index (χ0v) is 12.4. The van der Waals surface area contributed by atoms with Gasteiger partial charge in [0.25, 0.3) is 0 Å². The lowest BCUT2D eigenvalue weighted by Gasteiger charge is -2.01. The van der Waals surface area contributed by atoms with Crippen LogP contribution in [0.15, 0.2) is 15.9 Å².